The van der Waals surface area contributed by atoms with Gasteiger partial charge in [-0.15, -0.1) is 0 Å². The van der Waals surface area contributed by atoms with Gasteiger partial charge < -0.3 is 21.5 Å². The second kappa shape index (κ2) is 7.61. The monoisotopic (exact) mass is 245 g/mol. The summed E-state index contributed by atoms with van der Waals surface area (Å²) in [4.78, 5) is 32.7. The van der Waals surface area contributed by atoms with Crippen LogP contribution in [0.4, 0.5) is 0 Å². The molecule has 7 heteroatoms. The van der Waals surface area contributed by atoms with Gasteiger partial charge >= 0.3 is 5.97 Å². The van der Waals surface area contributed by atoms with Crippen molar-refractivity contribution in [1.82, 2.24) is 10.6 Å². The third-order valence-electron chi connectivity index (χ3n) is 1.98. The van der Waals surface area contributed by atoms with E-state index in [-0.39, 0.29) is 25.4 Å². The summed E-state index contributed by atoms with van der Waals surface area (Å²) in [6, 6.07) is -0.946. The summed E-state index contributed by atoms with van der Waals surface area (Å²) >= 11 is 0. The zero-order valence-corrected chi connectivity index (χ0v) is 10.0. The molecule has 5 N–H and O–H groups in total. The zero-order chi connectivity index (χ0) is 13.4. The van der Waals surface area contributed by atoms with E-state index >= 15 is 0 Å². The van der Waals surface area contributed by atoms with Crippen molar-refractivity contribution in [2.45, 2.75) is 38.8 Å². The standard InChI is InChI=1S/C10H19N3O4/c1-6(2)12-5-9(15)13-7(10(16)17)3-4-8(11)14/h6-7,12H,3-5H2,1-2H3,(H2,11,14)(H,13,15)(H,16,17)/t7-/m0/s1. The topological polar surface area (TPSA) is 122 Å². The third kappa shape index (κ3) is 8.21. The molecular formula is C10H19N3O4. The Balaban J connectivity index is 4.11. The first kappa shape index (κ1) is 15.4. The van der Waals surface area contributed by atoms with Crippen LogP contribution in [0.25, 0.3) is 0 Å². The lowest BCUT2D eigenvalue weighted by atomic mass is 10.1. The molecule has 0 aliphatic rings. The van der Waals surface area contributed by atoms with Crippen molar-refractivity contribution in [3.05, 3.63) is 0 Å². The van der Waals surface area contributed by atoms with Crippen LogP contribution >= 0.6 is 0 Å². The number of amides is 2. The van der Waals surface area contributed by atoms with Gasteiger partial charge in [0.15, 0.2) is 0 Å². The minimum atomic E-state index is -1.18. The maximum Gasteiger partial charge on any atom is 0.326 e. The number of nitrogens with one attached hydrogen (secondary N) is 2. The van der Waals surface area contributed by atoms with E-state index in [2.05, 4.69) is 10.6 Å². The number of carbonyl (C=O) groups is 3. The van der Waals surface area contributed by atoms with Crippen LogP contribution < -0.4 is 16.4 Å². The molecule has 17 heavy (non-hydrogen) atoms. The first-order valence-electron chi connectivity index (χ1n) is 5.36. The van der Waals surface area contributed by atoms with Crippen LogP contribution in [-0.4, -0.2) is 41.5 Å². The smallest absolute Gasteiger partial charge is 0.326 e. The molecule has 0 aromatic heterocycles. The summed E-state index contributed by atoms with van der Waals surface area (Å²) in [7, 11) is 0. The van der Waals surface area contributed by atoms with Crippen LogP contribution in [0, 0.1) is 0 Å². The second-order valence-corrected chi connectivity index (χ2v) is 4.00. The van der Waals surface area contributed by atoms with Gasteiger partial charge in [0.1, 0.15) is 6.04 Å². The highest BCUT2D eigenvalue weighted by molar-refractivity contribution is 5.85. The van der Waals surface area contributed by atoms with Crippen molar-refractivity contribution in [3.63, 3.8) is 0 Å². The molecule has 1 atom stereocenters. The molecule has 0 saturated carbocycles. The molecule has 0 aromatic carbocycles. The number of aliphatic carboxylic acids is 1. The molecule has 0 aromatic rings. The molecule has 7 nitrogen and oxygen atoms in total. The van der Waals surface area contributed by atoms with Crippen LogP contribution in [0.1, 0.15) is 26.7 Å². The first-order valence-corrected chi connectivity index (χ1v) is 5.36. The summed E-state index contributed by atoms with van der Waals surface area (Å²) in [5.41, 5.74) is 4.91. The van der Waals surface area contributed by atoms with Gasteiger partial charge in [0, 0.05) is 12.5 Å². The van der Waals surface area contributed by atoms with Crippen molar-refractivity contribution in [2.24, 2.45) is 5.73 Å². The summed E-state index contributed by atoms with van der Waals surface area (Å²) in [5.74, 6) is -2.19. The zero-order valence-electron chi connectivity index (χ0n) is 10.0. The predicted octanol–water partition coefficient (Wildman–Crippen LogP) is -1.18. The highest BCUT2D eigenvalue weighted by Gasteiger charge is 2.20. The highest BCUT2D eigenvalue weighted by Crippen LogP contribution is 1.97. The third-order valence-corrected chi connectivity index (χ3v) is 1.98. The van der Waals surface area contributed by atoms with Crippen molar-refractivity contribution >= 4 is 17.8 Å². The Bertz CT molecular complexity index is 291. The van der Waals surface area contributed by atoms with Crippen molar-refractivity contribution in [3.8, 4) is 0 Å². The molecule has 0 radical (unpaired) electrons. The quantitative estimate of drug-likeness (QED) is 0.429. The minimum absolute atomic E-state index is 0.00190. The number of carbonyl (C=O) groups excluding carboxylic acids is 2. The fourth-order valence-electron chi connectivity index (χ4n) is 1.09. The van der Waals surface area contributed by atoms with Crippen molar-refractivity contribution in [2.75, 3.05) is 6.54 Å². The Morgan fingerprint density at radius 2 is 1.88 bits per heavy atom. The lowest BCUT2D eigenvalue weighted by molar-refractivity contribution is -0.142. The maximum absolute atomic E-state index is 11.4. The molecule has 0 rings (SSSR count). The van der Waals surface area contributed by atoms with E-state index in [1.54, 1.807) is 0 Å². The number of hydrogen-bond donors (Lipinski definition) is 4. The molecule has 0 bridgehead atoms. The highest BCUT2D eigenvalue weighted by atomic mass is 16.4. The molecule has 2 amide bonds. The van der Waals surface area contributed by atoms with Crippen molar-refractivity contribution in [1.29, 1.82) is 0 Å². The second-order valence-electron chi connectivity index (χ2n) is 4.00. The van der Waals surface area contributed by atoms with Crippen LogP contribution in [-0.2, 0) is 14.4 Å². The average Bonchev–Trinajstić information content (AvgIpc) is 2.20. The fraction of sp³-hybridized carbons (Fsp3) is 0.700. The lowest BCUT2D eigenvalue weighted by Crippen LogP contribution is -2.45. The van der Waals surface area contributed by atoms with Gasteiger partial charge in [-0.3, -0.25) is 9.59 Å². The van der Waals surface area contributed by atoms with E-state index in [1.807, 2.05) is 13.8 Å². The number of primary amides is 1. The molecule has 98 valence electrons. The molecule has 0 unspecified atom stereocenters. The number of carboxylic acids is 1. The molecule has 0 aliphatic heterocycles. The Kier molecular flexibility index (Phi) is 6.88. The molecule has 0 heterocycles. The van der Waals surface area contributed by atoms with Crippen LogP contribution in [0.3, 0.4) is 0 Å². The number of hydrogen-bond acceptors (Lipinski definition) is 4. The van der Waals surface area contributed by atoms with Gasteiger partial charge in [0.25, 0.3) is 0 Å². The van der Waals surface area contributed by atoms with Gasteiger partial charge in [-0.25, -0.2) is 4.79 Å². The SMILES string of the molecule is CC(C)NCC(=O)N[C@@H](CCC(N)=O)C(=O)O. The van der Waals surface area contributed by atoms with Gasteiger partial charge in [0.05, 0.1) is 6.54 Å². The molecule has 0 fully saturated rings. The van der Waals surface area contributed by atoms with E-state index in [4.69, 9.17) is 10.8 Å². The van der Waals surface area contributed by atoms with E-state index in [1.165, 1.54) is 0 Å². The van der Waals surface area contributed by atoms with E-state index in [0.29, 0.717) is 0 Å². The predicted molar refractivity (Wildman–Crippen MR) is 61.1 cm³/mol. The molecular weight excluding hydrogens is 226 g/mol. The first-order chi connectivity index (χ1) is 7.82. The number of carboxylic acid groups (broad SMARTS) is 1. The molecule has 0 saturated heterocycles. The van der Waals surface area contributed by atoms with Crippen molar-refractivity contribution < 1.29 is 19.5 Å². The maximum atomic E-state index is 11.4. The average molecular weight is 245 g/mol. The lowest BCUT2D eigenvalue weighted by Gasteiger charge is -2.14. The fourth-order valence-corrected chi connectivity index (χ4v) is 1.09. The Morgan fingerprint density at radius 3 is 2.29 bits per heavy atom. The van der Waals surface area contributed by atoms with Gasteiger partial charge in [-0.05, 0) is 6.42 Å². The molecule has 0 aliphatic carbocycles. The Hall–Kier alpha value is -1.63. The van der Waals surface area contributed by atoms with Crippen LogP contribution in [0.15, 0.2) is 0 Å². The largest absolute Gasteiger partial charge is 0.480 e. The van der Waals surface area contributed by atoms with Gasteiger partial charge in [-0.2, -0.15) is 0 Å². The summed E-state index contributed by atoms with van der Waals surface area (Å²) < 4.78 is 0. The van der Waals surface area contributed by atoms with Crippen LogP contribution in [0.5, 0.6) is 0 Å². The Morgan fingerprint density at radius 1 is 1.29 bits per heavy atom. The van der Waals surface area contributed by atoms with E-state index in [9.17, 15) is 14.4 Å². The van der Waals surface area contributed by atoms with E-state index in [0.717, 1.165) is 0 Å². The van der Waals surface area contributed by atoms with E-state index < -0.39 is 23.8 Å². The Labute approximate surface area is 99.7 Å². The number of nitrogens with two attached hydrogens (primary N) is 1. The van der Waals surface area contributed by atoms with Crippen LogP contribution in [0.2, 0.25) is 0 Å². The van der Waals surface area contributed by atoms with Gasteiger partial charge in [-0.1, -0.05) is 13.8 Å². The minimum Gasteiger partial charge on any atom is -0.480 e. The summed E-state index contributed by atoms with van der Waals surface area (Å²) in [6.45, 7) is 3.78. The normalized spacial score (nSPS) is 12.2. The summed E-state index contributed by atoms with van der Waals surface area (Å²) in [6.07, 6.45) is -0.0764. The van der Waals surface area contributed by atoms with Gasteiger partial charge in [0.2, 0.25) is 11.8 Å². The molecule has 0 spiro atoms. The summed E-state index contributed by atoms with van der Waals surface area (Å²) in [5, 5.41) is 14.0. The number of rotatable bonds is 8.